The van der Waals surface area contributed by atoms with E-state index in [2.05, 4.69) is 0 Å². The molecular formula is C13H7F3O2. The molecule has 92 valence electrons. The number of aromatic carboxylic acids is 1. The number of benzene rings is 2. The molecule has 0 amide bonds. The van der Waals surface area contributed by atoms with Gasteiger partial charge in [-0.05, 0) is 23.8 Å². The Balaban J connectivity index is 2.62. The smallest absolute Gasteiger partial charge is 0.341 e. The van der Waals surface area contributed by atoms with Gasteiger partial charge in [0.1, 0.15) is 23.0 Å². The predicted molar refractivity (Wildman–Crippen MR) is 58.7 cm³/mol. The van der Waals surface area contributed by atoms with Crippen LogP contribution in [0.25, 0.3) is 11.1 Å². The highest BCUT2D eigenvalue weighted by molar-refractivity contribution is 5.89. The first kappa shape index (κ1) is 12.2. The third kappa shape index (κ3) is 2.07. The first-order chi connectivity index (χ1) is 8.50. The van der Waals surface area contributed by atoms with Crippen LogP contribution in [-0.4, -0.2) is 11.1 Å². The summed E-state index contributed by atoms with van der Waals surface area (Å²) in [6.07, 6.45) is 0. The second-order valence-electron chi connectivity index (χ2n) is 3.60. The maximum absolute atomic E-state index is 13.4. The van der Waals surface area contributed by atoms with Gasteiger partial charge < -0.3 is 5.11 Å². The number of halogens is 3. The van der Waals surface area contributed by atoms with Crippen LogP contribution >= 0.6 is 0 Å². The number of carbonyl (C=O) groups is 1. The van der Waals surface area contributed by atoms with E-state index in [-0.39, 0.29) is 11.1 Å². The van der Waals surface area contributed by atoms with Crippen molar-refractivity contribution < 1.29 is 23.1 Å². The van der Waals surface area contributed by atoms with Crippen molar-refractivity contribution in [1.82, 2.24) is 0 Å². The average Bonchev–Trinajstić information content (AvgIpc) is 2.27. The van der Waals surface area contributed by atoms with E-state index in [1.54, 1.807) is 0 Å². The summed E-state index contributed by atoms with van der Waals surface area (Å²) in [5, 5.41) is 8.61. The normalized spacial score (nSPS) is 10.4. The summed E-state index contributed by atoms with van der Waals surface area (Å²) in [6, 6.07) is 7.05. The largest absolute Gasteiger partial charge is 0.477 e. The summed E-state index contributed by atoms with van der Waals surface area (Å²) < 4.78 is 40.3. The van der Waals surface area contributed by atoms with Crippen LogP contribution in [0.15, 0.2) is 36.4 Å². The second kappa shape index (κ2) is 4.52. The summed E-state index contributed by atoms with van der Waals surface area (Å²) in [7, 11) is 0. The highest BCUT2D eigenvalue weighted by Gasteiger charge is 2.19. The topological polar surface area (TPSA) is 37.3 Å². The zero-order valence-corrected chi connectivity index (χ0v) is 8.95. The Kier molecular flexibility index (Phi) is 3.06. The molecule has 0 bridgehead atoms. The molecule has 18 heavy (non-hydrogen) atoms. The molecule has 2 nitrogen and oxygen atoms in total. The Morgan fingerprint density at radius 2 is 1.50 bits per heavy atom. The van der Waals surface area contributed by atoms with E-state index >= 15 is 0 Å². The minimum atomic E-state index is -1.70. The van der Waals surface area contributed by atoms with Crippen LogP contribution in [0, 0.1) is 17.5 Å². The highest BCUT2D eigenvalue weighted by atomic mass is 19.1. The summed E-state index contributed by atoms with van der Waals surface area (Å²) >= 11 is 0. The van der Waals surface area contributed by atoms with Gasteiger partial charge >= 0.3 is 5.97 Å². The maximum atomic E-state index is 13.4. The summed E-state index contributed by atoms with van der Waals surface area (Å²) in [5.74, 6) is -4.81. The zero-order chi connectivity index (χ0) is 13.3. The van der Waals surface area contributed by atoms with Crippen LogP contribution < -0.4 is 0 Å². The standard InChI is InChI=1S/C13H7F3O2/c14-9-4-2-1-3-8(9)7-5-10(15)12(13(17)18)11(16)6-7/h1-6H,(H,17,18). The molecule has 0 heterocycles. The van der Waals surface area contributed by atoms with Gasteiger partial charge in [0.2, 0.25) is 0 Å². The van der Waals surface area contributed by atoms with Gasteiger partial charge in [0.05, 0.1) is 0 Å². The Labute approximate surface area is 100 Å². The molecule has 0 aliphatic carbocycles. The molecule has 0 fully saturated rings. The molecule has 0 radical (unpaired) electrons. The third-order valence-electron chi connectivity index (χ3n) is 2.44. The SMILES string of the molecule is O=C(O)c1c(F)cc(-c2ccccc2F)cc1F. The molecular weight excluding hydrogens is 245 g/mol. The molecule has 0 unspecified atom stereocenters. The molecule has 2 rings (SSSR count). The second-order valence-corrected chi connectivity index (χ2v) is 3.60. The lowest BCUT2D eigenvalue weighted by atomic mass is 10.0. The van der Waals surface area contributed by atoms with Crippen molar-refractivity contribution in [3.05, 3.63) is 59.4 Å². The van der Waals surface area contributed by atoms with E-state index in [9.17, 15) is 18.0 Å². The number of carboxylic acid groups (broad SMARTS) is 1. The molecule has 0 spiro atoms. The van der Waals surface area contributed by atoms with Gasteiger partial charge in [-0.3, -0.25) is 0 Å². The van der Waals surface area contributed by atoms with Crippen LogP contribution in [0.1, 0.15) is 10.4 Å². The quantitative estimate of drug-likeness (QED) is 0.888. The van der Waals surface area contributed by atoms with Crippen LogP contribution in [0.4, 0.5) is 13.2 Å². The Bertz CT molecular complexity index is 600. The fraction of sp³-hybridized carbons (Fsp3) is 0. The van der Waals surface area contributed by atoms with Crippen LogP contribution in [0.5, 0.6) is 0 Å². The summed E-state index contributed by atoms with van der Waals surface area (Å²) in [4.78, 5) is 10.6. The lowest BCUT2D eigenvalue weighted by Gasteiger charge is -2.06. The lowest BCUT2D eigenvalue weighted by Crippen LogP contribution is -2.05. The number of carboxylic acids is 1. The first-order valence-corrected chi connectivity index (χ1v) is 4.98. The van der Waals surface area contributed by atoms with Crippen LogP contribution in [-0.2, 0) is 0 Å². The van der Waals surface area contributed by atoms with E-state index in [1.165, 1.54) is 18.2 Å². The molecule has 0 aliphatic heterocycles. The molecule has 0 saturated heterocycles. The van der Waals surface area contributed by atoms with E-state index in [4.69, 9.17) is 5.11 Å². The minimum absolute atomic E-state index is 0.00670. The van der Waals surface area contributed by atoms with E-state index in [0.717, 1.165) is 18.2 Å². The summed E-state index contributed by atoms with van der Waals surface area (Å²) in [5.41, 5.74) is -1.09. The Hall–Kier alpha value is -2.30. The number of hydrogen-bond donors (Lipinski definition) is 1. The molecule has 5 heteroatoms. The fourth-order valence-electron chi connectivity index (χ4n) is 1.63. The molecule has 0 aromatic heterocycles. The fourth-order valence-corrected chi connectivity index (χ4v) is 1.63. The monoisotopic (exact) mass is 252 g/mol. The zero-order valence-electron chi connectivity index (χ0n) is 8.95. The van der Waals surface area contributed by atoms with Gasteiger partial charge in [0.15, 0.2) is 0 Å². The maximum Gasteiger partial charge on any atom is 0.341 e. The van der Waals surface area contributed by atoms with Crippen LogP contribution in [0.2, 0.25) is 0 Å². The van der Waals surface area contributed by atoms with Crippen molar-refractivity contribution in [3.8, 4) is 11.1 Å². The van der Waals surface area contributed by atoms with Crippen molar-refractivity contribution in [3.63, 3.8) is 0 Å². The first-order valence-electron chi connectivity index (χ1n) is 4.98. The Morgan fingerprint density at radius 3 is 2.00 bits per heavy atom. The third-order valence-corrected chi connectivity index (χ3v) is 2.44. The van der Waals surface area contributed by atoms with E-state index in [1.807, 2.05) is 0 Å². The number of hydrogen-bond acceptors (Lipinski definition) is 1. The van der Waals surface area contributed by atoms with Gasteiger partial charge in [-0.25, -0.2) is 18.0 Å². The van der Waals surface area contributed by atoms with Crippen molar-refractivity contribution in [2.75, 3.05) is 0 Å². The van der Waals surface area contributed by atoms with Gasteiger partial charge in [-0.15, -0.1) is 0 Å². The summed E-state index contributed by atoms with van der Waals surface area (Å²) in [6.45, 7) is 0. The van der Waals surface area contributed by atoms with E-state index in [0.29, 0.717) is 0 Å². The van der Waals surface area contributed by atoms with Crippen molar-refractivity contribution in [1.29, 1.82) is 0 Å². The van der Waals surface area contributed by atoms with Gasteiger partial charge in [0, 0.05) is 5.56 Å². The Morgan fingerprint density at radius 1 is 0.944 bits per heavy atom. The van der Waals surface area contributed by atoms with Gasteiger partial charge in [-0.2, -0.15) is 0 Å². The number of rotatable bonds is 2. The average molecular weight is 252 g/mol. The van der Waals surface area contributed by atoms with Crippen molar-refractivity contribution >= 4 is 5.97 Å². The van der Waals surface area contributed by atoms with Crippen molar-refractivity contribution in [2.24, 2.45) is 0 Å². The highest BCUT2D eigenvalue weighted by Crippen LogP contribution is 2.26. The van der Waals surface area contributed by atoms with Crippen LogP contribution in [0.3, 0.4) is 0 Å². The molecule has 1 N–H and O–H groups in total. The molecule has 0 aliphatic rings. The van der Waals surface area contributed by atoms with Gasteiger partial charge in [0.25, 0.3) is 0 Å². The van der Waals surface area contributed by atoms with Gasteiger partial charge in [-0.1, -0.05) is 18.2 Å². The molecule has 2 aromatic rings. The lowest BCUT2D eigenvalue weighted by molar-refractivity contribution is 0.0686. The predicted octanol–water partition coefficient (Wildman–Crippen LogP) is 3.47. The molecule has 0 saturated carbocycles. The molecule has 0 atom stereocenters. The van der Waals surface area contributed by atoms with Crippen molar-refractivity contribution in [2.45, 2.75) is 0 Å². The molecule has 2 aromatic carbocycles. The van der Waals surface area contributed by atoms with E-state index < -0.39 is 29.0 Å². The minimum Gasteiger partial charge on any atom is -0.477 e.